The first kappa shape index (κ1) is 16.0. The number of hydrazone groups is 1. The third-order valence-corrected chi connectivity index (χ3v) is 3.95. The van der Waals surface area contributed by atoms with E-state index in [1.807, 2.05) is 0 Å². The standard InChI is InChI=1S/C14H10Br2ClN3O/c15-9-5-11(13(18)12(16)6-9)14(21)20-19-7-8-1-3-10(17)4-2-8/h1-7H,18H2,(H,20,21). The molecule has 2 rings (SSSR count). The van der Waals surface area contributed by atoms with Crippen molar-refractivity contribution < 1.29 is 4.79 Å². The Morgan fingerprint density at radius 2 is 1.90 bits per heavy atom. The van der Waals surface area contributed by atoms with E-state index in [1.165, 1.54) is 6.21 Å². The van der Waals surface area contributed by atoms with Crippen molar-refractivity contribution >= 4 is 61.3 Å². The zero-order valence-corrected chi connectivity index (χ0v) is 14.5. The number of nitrogens with one attached hydrogen (secondary N) is 1. The van der Waals surface area contributed by atoms with Gasteiger partial charge in [-0.15, -0.1) is 0 Å². The Morgan fingerprint density at radius 1 is 1.24 bits per heavy atom. The van der Waals surface area contributed by atoms with Crippen LogP contribution in [0.5, 0.6) is 0 Å². The minimum Gasteiger partial charge on any atom is -0.397 e. The molecule has 3 N–H and O–H groups in total. The summed E-state index contributed by atoms with van der Waals surface area (Å²) in [6, 6.07) is 10.5. The fourth-order valence-corrected chi connectivity index (χ4v) is 2.90. The molecule has 0 aliphatic rings. The quantitative estimate of drug-likeness (QED) is 0.434. The number of carbonyl (C=O) groups is 1. The number of benzene rings is 2. The van der Waals surface area contributed by atoms with Crippen molar-refractivity contribution in [1.29, 1.82) is 0 Å². The summed E-state index contributed by atoms with van der Waals surface area (Å²) in [7, 11) is 0. The van der Waals surface area contributed by atoms with Crippen LogP contribution < -0.4 is 11.2 Å². The van der Waals surface area contributed by atoms with Crippen LogP contribution in [0, 0.1) is 0 Å². The molecular formula is C14H10Br2ClN3O. The van der Waals surface area contributed by atoms with Gasteiger partial charge in [-0.3, -0.25) is 4.79 Å². The normalized spacial score (nSPS) is 10.8. The van der Waals surface area contributed by atoms with Crippen LogP contribution in [0.15, 0.2) is 50.4 Å². The number of nitrogen functional groups attached to an aromatic ring is 1. The van der Waals surface area contributed by atoms with E-state index >= 15 is 0 Å². The second-order valence-corrected chi connectivity index (χ2v) is 6.31. The molecule has 2 aromatic rings. The lowest BCUT2D eigenvalue weighted by molar-refractivity contribution is 0.0956. The number of halogens is 3. The summed E-state index contributed by atoms with van der Waals surface area (Å²) < 4.78 is 1.39. The zero-order chi connectivity index (χ0) is 15.4. The fourth-order valence-electron chi connectivity index (χ4n) is 1.55. The SMILES string of the molecule is Nc1c(Br)cc(Br)cc1C(=O)NN=Cc1ccc(Cl)cc1. The van der Waals surface area contributed by atoms with Gasteiger partial charge in [0.1, 0.15) is 0 Å². The van der Waals surface area contributed by atoms with Crippen molar-refractivity contribution in [3.05, 3.63) is 61.5 Å². The lowest BCUT2D eigenvalue weighted by Gasteiger charge is -2.07. The van der Waals surface area contributed by atoms with Gasteiger partial charge in [0.05, 0.1) is 17.5 Å². The summed E-state index contributed by atoms with van der Waals surface area (Å²) in [4.78, 5) is 12.0. The summed E-state index contributed by atoms with van der Waals surface area (Å²) in [5.41, 5.74) is 9.81. The number of rotatable bonds is 3. The summed E-state index contributed by atoms with van der Waals surface area (Å²) in [5, 5.41) is 4.54. The minimum atomic E-state index is -0.389. The van der Waals surface area contributed by atoms with Crippen LogP contribution in [0.2, 0.25) is 5.02 Å². The van der Waals surface area contributed by atoms with Crippen LogP contribution in [0.25, 0.3) is 0 Å². The van der Waals surface area contributed by atoms with Gasteiger partial charge in [-0.05, 0) is 45.8 Å². The predicted molar refractivity (Wildman–Crippen MR) is 92.8 cm³/mol. The molecule has 0 spiro atoms. The van der Waals surface area contributed by atoms with Crippen molar-refractivity contribution in [2.24, 2.45) is 5.10 Å². The van der Waals surface area contributed by atoms with E-state index in [2.05, 4.69) is 42.4 Å². The molecule has 0 heterocycles. The van der Waals surface area contributed by atoms with E-state index in [1.54, 1.807) is 36.4 Å². The van der Waals surface area contributed by atoms with Crippen LogP contribution in [0.4, 0.5) is 5.69 Å². The summed E-state index contributed by atoms with van der Waals surface area (Å²) in [6.45, 7) is 0. The first-order chi connectivity index (χ1) is 9.97. The second kappa shape index (κ2) is 7.06. The van der Waals surface area contributed by atoms with Gasteiger partial charge in [0, 0.05) is 14.0 Å². The van der Waals surface area contributed by atoms with Gasteiger partial charge in [0.2, 0.25) is 0 Å². The Morgan fingerprint density at radius 3 is 2.57 bits per heavy atom. The molecule has 108 valence electrons. The van der Waals surface area contributed by atoms with Crippen LogP contribution in [-0.2, 0) is 0 Å². The number of carbonyl (C=O) groups excluding carboxylic acids is 1. The molecule has 21 heavy (non-hydrogen) atoms. The highest BCUT2D eigenvalue weighted by molar-refractivity contribution is 9.11. The van der Waals surface area contributed by atoms with Crippen molar-refractivity contribution in [3.63, 3.8) is 0 Å². The molecule has 2 aromatic carbocycles. The highest BCUT2D eigenvalue weighted by Crippen LogP contribution is 2.28. The summed E-state index contributed by atoms with van der Waals surface area (Å²) in [6.07, 6.45) is 1.53. The molecule has 0 radical (unpaired) electrons. The second-order valence-electron chi connectivity index (χ2n) is 4.10. The number of anilines is 1. The lowest BCUT2D eigenvalue weighted by atomic mass is 10.2. The van der Waals surface area contributed by atoms with Gasteiger partial charge in [-0.1, -0.05) is 39.7 Å². The largest absolute Gasteiger partial charge is 0.397 e. The third kappa shape index (κ3) is 4.30. The van der Waals surface area contributed by atoms with Crippen molar-refractivity contribution in [1.82, 2.24) is 5.43 Å². The molecule has 0 atom stereocenters. The van der Waals surface area contributed by atoms with Gasteiger partial charge < -0.3 is 5.73 Å². The van der Waals surface area contributed by atoms with Gasteiger partial charge in [0.15, 0.2) is 0 Å². The molecule has 0 aromatic heterocycles. The van der Waals surface area contributed by atoms with Crippen LogP contribution in [-0.4, -0.2) is 12.1 Å². The predicted octanol–water partition coefficient (Wildman–Crippen LogP) is 4.21. The molecule has 0 fully saturated rings. The third-order valence-electron chi connectivity index (χ3n) is 2.59. The smallest absolute Gasteiger partial charge is 0.273 e. The summed E-state index contributed by atoms with van der Waals surface area (Å²) in [5.74, 6) is -0.389. The molecule has 0 aliphatic carbocycles. The van der Waals surface area contributed by atoms with Gasteiger partial charge in [-0.2, -0.15) is 5.10 Å². The Labute approximate surface area is 143 Å². The molecule has 0 saturated carbocycles. The van der Waals surface area contributed by atoms with E-state index in [0.29, 0.717) is 20.7 Å². The van der Waals surface area contributed by atoms with E-state index in [0.717, 1.165) is 10.0 Å². The highest BCUT2D eigenvalue weighted by atomic mass is 79.9. The van der Waals surface area contributed by atoms with Crippen molar-refractivity contribution in [3.8, 4) is 0 Å². The van der Waals surface area contributed by atoms with Crippen molar-refractivity contribution in [2.75, 3.05) is 5.73 Å². The Hall–Kier alpha value is -1.37. The topological polar surface area (TPSA) is 67.5 Å². The monoisotopic (exact) mass is 429 g/mol. The number of amides is 1. The zero-order valence-electron chi connectivity index (χ0n) is 10.6. The molecule has 1 amide bonds. The van der Waals surface area contributed by atoms with E-state index in [4.69, 9.17) is 17.3 Å². The minimum absolute atomic E-state index is 0.338. The average molecular weight is 432 g/mol. The van der Waals surface area contributed by atoms with E-state index in [-0.39, 0.29) is 5.91 Å². The van der Waals surface area contributed by atoms with Gasteiger partial charge >= 0.3 is 0 Å². The Kier molecular flexibility index (Phi) is 5.39. The summed E-state index contributed by atoms with van der Waals surface area (Å²) >= 11 is 12.4. The van der Waals surface area contributed by atoms with Gasteiger partial charge in [0.25, 0.3) is 5.91 Å². The number of nitrogens with zero attached hydrogens (tertiary/aromatic N) is 1. The van der Waals surface area contributed by atoms with Crippen LogP contribution in [0.1, 0.15) is 15.9 Å². The average Bonchev–Trinajstić information content (AvgIpc) is 2.44. The first-order valence-corrected chi connectivity index (χ1v) is 7.77. The van der Waals surface area contributed by atoms with E-state index in [9.17, 15) is 4.79 Å². The molecule has 4 nitrogen and oxygen atoms in total. The Bertz CT molecular complexity index is 702. The molecule has 0 saturated heterocycles. The molecular weight excluding hydrogens is 421 g/mol. The lowest BCUT2D eigenvalue weighted by Crippen LogP contribution is -2.19. The maximum Gasteiger partial charge on any atom is 0.273 e. The maximum atomic E-state index is 12.0. The van der Waals surface area contributed by atoms with Crippen LogP contribution >= 0.6 is 43.5 Å². The molecule has 0 bridgehead atoms. The molecule has 0 aliphatic heterocycles. The highest BCUT2D eigenvalue weighted by Gasteiger charge is 2.12. The number of hydrogen-bond acceptors (Lipinski definition) is 3. The van der Waals surface area contributed by atoms with Crippen LogP contribution in [0.3, 0.4) is 0 Å². The van der Waals surface area contributed by atoms with Gasteiger partial charge in [-0.25, -0.2) is 5.43 Å². The molecule has 7 heteroatoms. The van der Waals surface area contributed by atoms with E-state index < -0.39 is 0 Å². The fraction of sp³-hybridized carbons (Fsp3) is 0. The maximum absolute atomic E-state index is 12.0. The number of hydrogen-bond donors (Lipinski definition) is 2. The van der Waals surface area contributed by atoms with Crippen molar-refractivity contribution in [2.45, 2.75) is 0 Å². The number of nitrogens with two attached hydrogens (primary N) is 1. The molecule has 0 unspecified atom stereocenters. The first-order valence-electron chi connectivity index (χ1n) is 5.81. The Balaban J connectivity index is 2.10.